The summed E-state index contributed by atoms with van der Waals surface area (Å²) >= 11 is 0. The first-order valence-electron chi connectivity index (χ1n) is 5.20. The highest BCUT2D eigenvalue weighted by molar-refractivity contribution is 5.95. The molecule has 0 spiro atoms. The lowest BCUT2D eigenvalue weighted by Gasteiger charge is -2.04. The second-order valence-electron chi connectivity index (χ2n) is 3.44. The summed E-state index contributed by atoms with van der Waals surface area (Å²) in [4.78, 5) is 22.6. The molecule has 0 aliphatic rings. The number of aryl methyl sites for hydroxylation is 2. The van der Waals surface area contributed by atoms with E-state index in [2.05, 4.69) is 10.4 Å². The maximum Gasteiger partial charge on any atom is 0.359 e. The minimum absolute atomic E-state index is 0.172. The number of carbonyl (C=O) groups excluding carboxylic acids is 2. The van der Waals surface area contributed by atoms with E-state index in [9.17, 15) is 9.59 Å². The van der Waals surface area contributed by atoms with E-state index < -0.39 is 5.97 Å². The average molecular weight is 240 g/mol. The molecule has 7 heteroatoms. The topological polar surface area (TPSA) is 99.2 Å². The Morgan fingerprint density at radius 1 is 1.53 bits per heavy atom. The quantitative estimate of drug-likeness (QED) is 0.689. The molecular weight excluding hydrogens is 224 g/mol. The third-order valence-corrected chi connectivity index (χ3v) is 2.30. The smallest absolute Gasteiger partial charge is 0.359 e. The Bertz CT molecular complexity index is 439. The van der Waals surface area contributed by atoms with Gasteiger partial charge in [0.05, 0.1) is 11.4 Å². The van der Waals surface area contributed by atoms with E-state index in [4.69, 9.17) is 10.5 Å². The number of aromatic nitrogens is 2. The molecule has 1 amide bonds. The first-order valence-corrected chi connectivity index (χ1v) is 5.20. The molecule has 0 saturated carbocycles. The standard InChI is InChI=1S/C10H16N4O3/c1-4-6-8(11)9(14(3)13-6)10(16)17-5-7(15)12-2/h4-5,11H2,1-3H3,(H,12,15). The van der Waals surface area contributed by atoms with E-state index in [-0.39, 0.29) is 18.2 Å². The average Bonchev–Trinajstić information content (AvgIpc) is 2.60. The summed E-state index contributed by atoms with van der Waals surface area (Å²) < 4.78 is 6.17. The predicted molar refractivity (Wildman–Crippen MR) is 61.3 cm³/mol. The molecule has 0 atom stereocenters. The lowest BCUT2D eigenvalue weighted by atomic mass is 10.2. The van der Waals surface area contributed by atoms with E-state index in [1.165, 1.54) is 11.7 Å². The van der Waals surface area contributed by atoms with Crippen LogP contribution in [0.3, 0.4) is 0 Å². The summed E-state index contributed by atoms with van der Waals surface area (Å²) in [5.74, 6) is -1.03. The largest absolute Gasteiger partial charge is 0.451 e. The van der Waals surface area contributed by atoms with Crippen molar-refractivity contribution in [2.45, 2.75) is 13.3 Å². The van der Waals surface area contributed by atoms with Crippen molar-refractivity contribution < 1.29 is 14.3 Å². The van der Waals surface area contributed by atoms with E-state index in [0.29, 0.717) is 17.8 Å². The van der Waals surface area contributed by atoms with Crippen molar-refractivity contribution in [1.82, 2.24) is 15.1 Å². The van der Waals surface area contributed by atoms with Crippen molar-refractivity contribution in [3.63, 3.8) is 0 Å². The molecule has 0 radical (unpaired) electrons. The second-order valence-corrected chi connectivity index (χ2v) is 3.44. The molecule has 1 rings (SSSR count). The summed E-state index contributed by atoms with van der Waals surface area (Å²) in [6.45, 7) is 1.56. The highest BCUT2D eigenvalue weighted by Crippen LogP contribution is 2.17. The number of nitrogens with one attached hydrogen (secondary N) is 1. The van der Waals surface area contributed by atoms with E-state index >= 15 is 0 Å². The number of amides is 1. The van der Waals surface area contributed by atoms with Crippen LogP contribution in [0.25, 0.3) is 0 Å². The molecule has 0 bridgehead atoms. The minimum Gasteiger partial charge on any atom is -0.451 e. The van der Waals surface area contributed by atoms with Crippen molar-refractivity contribution >= 4 is 17.6 Å². The summed E-state index contributed by atoms with van der Waals surface area (Å²) in [5, 5.41) is 6.43. The monoisotopic (exact) mass is 240 g/mol. The minimum atomic E-state index is -0.652. The zero-order valence-corrected chi connectivity index (χ0v) is 10.1. The molecule has 3 N–H and O–H groups in total. The predicted octanol–water partition coefficient (Wildman–Crippen LogP) is -0.532. The fourth-order valence-electron chi connectivity index (χ4n) is 1.37. The van der Waals surface area contributed by atoms with Gasteiger partial charge in [-0.25, -0.2) is 4.79 Å². The van der Waals surface area contributed by atoms with Gasteiger partial charge in [0, 0.05) is 14.1 Å². The first-order chi connectivity index (χ1) is 8.01. The van der Waals surface area contributed by atoms with Crippen molar-refractivity contribution in [2.75, 3.05) is 19.4 Å². The highest BCUT2D eigenvalue weighted by atomic mass is 16.5. The SMILES string of the molecule is CCc1nn(C)c(C(=O)OCC(=O)NC)c1N. The summed E-state index contributed by atoms with van der Waals surface area (Å²) in [5.41, 5.74) is 6.88. The molecule has 0 aliphatic carbocycles. The number of likely N-dealkylation sites (N-methyl/N-ethyl adjacent to an activating group) is 1. The highest BCUT2D eigenvalue weighted by Gasteiger charge is 2.20. The van der Waals surface area contributed by atoms with Crippen molar-refractivity contribution in [3.05, 3.63) is 11.4 Å². The fraction of sp³-hybridized carbons (Fsp3) is 0.500. The molecule has 0 aromatic carbocycles. The van der Waals surface area contributed by atoms with Gasteiger partial charge in [-0.15, -0.1) is 0 Å². The number of ether oxygens (including phenoxy) is 1. The molecule has 0 aliphatic heterocycles. The second kappa shape index (κ2) is 5.33. The van der Waals surface area contributed by atoms with Crippen LogP contribution in [0.2, 0.25) is 0 Å². The molecule has 1 heterocycles. The number of nitrogens with zero attached hydrogens (tertiary/aromatic N) is 2. The lowest BCUT2D eigenvalue weighted by molar-refractivity contribution is -0.123. The zero-order valence-electron chi connectivity index (χ0n) is 10.1. The Morgan fingerprint density at radius 3 is 2.65 bits per heavy atom. The van der Waals surface area contributed by atoms with Gasteiger partial charge in [0.25, 0.3) is 5.91 Å². The first kappa shape index (κ1) is 13.0. The fourth-order valence-corrected chi connectivity index (χ4v) is 1.37. The van der Waals surface area contributed by atoms with Gasteiger partial charge in [-0.05, 0) is 6.42 Å². The number of rotatable bonds is 4. The Kier molecular flexibility index (Phi) is 4.08. The van der Waals surface area contributed by atoms with E-state index in [0.717, 1.165) is 0 Å². The number of anilines is 1. The third-order valence-electron chi connectivity index (χ3n) is 2.30. The van der Waals surface area contributed by atoms with Gasteiger partial charge in [0.2, 0.25) is 0 Å². The van der Waals surface area contributed by atoms with Crippen LogP contribution < -0.4 is 11.1 Å². The molecule has 1 aromatic rings. The number of hydrogen-bond acceptors (Lipinski definition) is 5. The lowest BCUT2D eigenvalue weighted by Crippen LogP contribution is -2.26. The maximum atomic E-state index is 11.7. The summed E-state index contributed by atoms with van der Waals surface area (Å²) in [7, 11) is 3.07. The van der Waals surface area contributed by atoms with Crippen LogP contribution in [0.4, 0.5) is 5.69 Å². The van der Waals surface area contributed by atoms with Gasteiger partial charge in [-0.2, -0.15) is 5.10 Å². The summed E-state index contributed by atoms with van der Waals surface area (Å²) in [6.07, 6.45) is 0.627. The van der Waals surface area contributed by atoms with Crippen LogP contribution in [0.5, 0.6) is 0 Å². The van der Waals surface area contributed by atoms with Crippen LogP contribution in [-0.4, -0.2) is 35.3 Å². The van der Waals surface area contributed by atoms with Crippen LogP contribution >= 0.6 is 0 Å². The molecule has 1 aromatic heterocycles. The normalized spacial score (nSPS) is 10.1. The Labute approximate surface area is 98.9 Å². The van der Waals surface area contributed by atoms with Gasteiger partial charge >= 0.3 is 5.97 Å². The van der Waals surface area contributed by atoms with Crippen LogP contribution in [0.15, 0.2) is 0 Å². The molecule has 0 unspecified atom stereocenters. The van der Waals surface area contributed by atoms with Crippen LogP contribution in [0, 0.1) is 0 Å². The van der Waals surface area contributed by atoms with Crippen LogP contribution in [0.1, 0.15) is 23.1 Å². The van der Waals surface area contributed by atoms with Crippen molar-refractivity contribution in [3.8, 4) is 0 Å². The van der Waals surface area contributed by atoms with Crippen molar-refractivity contribution in [2.24, 2.45) is 7.05 Å². The maximum absolute atomic E-state index is 11.7. The summed E-state index contributed by atoms with van der Waals surface area (Å²) in [6, 6.07) is 0. The molecule has 17 heavy (non-hydrogen) atoms. The number of carbonyl (C=O) groups is 2. The number of hydrogen-bond donors (Lipinski definition) is 2. The van der Waals surface area contributed by atoms with E-state index in [1.807, 2.05) is 6.92 Å². The zero-order chi connectivity index (χ0) is 13.0. The number of esters is 1. The molecular formula is C10H16N4O3. The molecule has 0 saturated heterocycles. The van der Waals surface area contributed by atoms with Gasteiger partial charge in [0.1, 0.15) is 0 Å². The van der Waals surface area contributed by atoms with Crippen molar-refractivity contribution in [1.29, 1.82) is 0 Å². The third kappa shape index (κ3) is 2.74. The Hall–Kier alpha value is -2.05. The number of nitrogens with two attached hydrogens (primary N) is 1. The van der Waals surface area contributed by atoms with Gasteiger partial charge < -0.3 is 15.8 Å². The van der Waals surface area contributed by atoms with Gasteiger partial charge in [-0.3, -0.25) is 9.48 Å². The van der Waals surface area contributed by atoms with E-state index in [1.54, 1.807) is 7.05 Å². The van der Waals surface area contributed by atoms with Gasteiger partial charge in [0.15, 0.2) is 12.3 Å². The van der Waals surface area contributed by atoms with Gasteiger partial charge in [-0.1, -0.05) is 6.92 Å². The Balaban J connectivity index is 2.82. The Morgan fingerprint density at radius 2 is 2.18 bits per heavy atom. The molecule has 7 nitrogen and oxygen atoms in total. The number of nitrogen functional groups attached to an aromatic ring is 1. The van der Waals surface area contributed by atoms with Crippen LogP contribution in [-0.2, 0) is 23.0 Å². The molecule has 0 fully saturated rings. The molecule has 94 valence electrons.